The van der Waals surface area contributed by atoms with E-state index in [-0.39, 0.29) is 5.91 Å². The SMILES string of the molecule is COc1cc(CCC(=O)N2CCc3ccccc3C2)cc(OC)c1OC. The smallest absolute Gasteiger partial charge is 0.223 e. The summed E-state index contributed by atoms with van der Waals surface area (Å²) in [7, 11) is 4.77. The van der Waals surface area contributed by atoms with Gasteiger partial charge in [-0.25, -0.2) is 0 Å². The van der Waals surface area contributed by atoms with Crippen LogP contribution in [0.25, 0.3) is 0 Å². The van der Waals surface area contributed by atoms with Crippen molar-refractivity contribution < 1.29 is 19.0 Å². The van der Waals surface area contributed by atoms with Crippen LogP contribution in [0.2, 0.25) is 0 Å². The molecule has 0 spiro atoms. The number of aryl methyl sites for hydroxylation is 1. The highest BCUT2D eigenvalue weighted by Gasteiger charge is 2.20. The first-order chi connectivity index (χ1) is 12.7. The van der Waals surface area contributed by atoms with Crippen LogP contribution in [-0.4, -0.2) is 38.7 Å². The molecule has 0 saturated carbocycles. The summed E-state index contributed by atoms with van der Waals surface area (Å²) in [5, 5.41) is 0. The van der Waals surface area contributed by atoms with Gasteiger partial charge in [-0.15, -0.1) is 0 Å². The summed E-state index contributed by atoms with van der Waals surface area (Å²) in [5.41, 5.74) is 3.59. The number of fused-ring (bicyclic) bond motifs is 1. The number of rotatable bonds is 6. The van der Waals surface area contributed by atoms with Crippen LogP contribution >= 0.6 is 0 Å². The number of methoxy groups -OCH3 is 3. The van der Waals surface area contributed by atoms with Crippen LogP contribution in [0.15, 0.2) is 36.4 Å². The molecule has 5 heteroatoms. The second kappa shape index (κ2) is 8.13. The van der Waals surface area contributed by atoms with Crippen molar-refractivity contribution in [3.05, 3.63) is 53.1 Å². The van der Waals surface area contributed by atoms with E-state index in [1.54, 1.807) is 21.3 Å². The van der Waals surface area contributed by atoms with Gasteiger partial charge in [0, 0.05) is 19.5 Å². The zero-order chi connectivity index (χ0) is 18.5. The molecule has 0 bridgehead atoms. The summed E-state index contributed by atoms with van der Waals surface area (Å²) >= 11 is 0. The van der Waals surface area contributed by atoms with E-state index in [4.69, 9.17) is 14.2 Å². The maximum Gasteiger partial charge on any atom is 0.223 e. The molecular formula is C21H25NO4. The van der Waals surface area contributed by atoms with Crippen molar-refractivity contribution in [1.82, 2.24) is 4.90 Å². The maximum atomic E-state index is 12.7. The summed E-state index contributed by atoms with van der Waals surface area (Å²) in [6.07, 6.45) is 2.01. The molecule has 2 aromatic carbocycles. The third-order valence-corrected chi connectivity index (χ3v) is 4.84. The molecule has 0 atom stereocenters. The van der Waals surface area contributed by atoms with Crippen molar-refractivity contribution in [2.45, 2.75) is 25.8 Å². The predicted molar refractivity (Wildman–Crippen MR) is 100.0 cm³/mol. The molecule has 0 fully saturated rings. The Morgan fingerprint density at radius 1 is 1.00 bits per heavy atom. The summed E-state index contributed by atoms with van der Waals surface area (Å²) in [4.78, 5) is 14.6. The molecule has 5 nitrogen and oxygen atoms in total. The number of hydrogen-bond acceptors (Lipinski definition) is 4. The van der Waals surface area contributed by atoms with Gasteiger partial charge in [0.1, 0.15) is 0 Å². The van der Waals surface area contributed by atoms with Gasteiger partial charge < -0.3 is 19.1 Å². The molecule has 3 rings (SSSR count). The van der Waals surface area contributed by atoms with Gasteiger partial charge in [-0.2, -0.15) is 0 Å². The van der Waals surface area contributed by atoms with Gasteiger partial charge in [-0.3, -0.25) is 4.79 Å². The van der Waals surface area contributed by atoms with E-state index in [9.17, 15) is 4.79 Å². The van der Waals surface area contributed by atoms with Crippen LogP contribution in [0.3, 0.4) is 0 Å². The molecule has 1 heterocycles. The number of carbonyl (C=O) groups excluding carboxylic acids is 1. The summed E-state index contributed by atoms with van der Waals surface area (Å²) in [6.45, 7) is 1.48. The lowest BCUT2D eigenvalue weighted by Crippen LogP contribution is -2.36. The molecule has 0 unspecified atom stereocenters. The Bertz CT molecular complexity index is 762. The lowest BCUT2D eigenvalue weighted by Gasteiger charge is -2.29. The van der Waals surface area contributed by atoms with Crippen LogP contribution in [0.1, 0.15) is 23.1 Å². The van der Waals surface area contributed by atoms with Crippen LogP contribution in [0.5, 0.6) is 17.2 Å². The molecule has 1 aliphatic rings. The molecule has 0 aliphatic carbocycles. The van der Waals surface area contributed by atoms with Crippen molar-refractivity contribution >= 4 is 5.91 Å². The van der Waals surface area contributed by atoms with E-state index in [0.29, 0.717) is 36.6 Å². The molecular weight excluding hydrogens is 330 g/mol. The van der Waals surface area contributed by atoms with Crippen molar-refractivity contribution in [3.63, 3.8) is 0 Å². The van der Waals surface area contributed by atoms with Crippen molar-refractivity contribution in [2.75, 3.05) is 27.9 Å². The zero-order valence-electron chi connectivity index (χ0n) is 15.6. The minimum atomic E-state index is 0.174. The number of hydrogen-bond donors (Lipinski definition) is 0. The highest BCUT2D eigenvalue weighted by atomic mass is 16.5. The summed E-state index contributed by atoms with van der Waals surface area (Å²) in [5.74, 6) is 1.97. The fraction of sp³-hybridized carbons (Fsp3) is 0.381. The Kier molecular flexibility index (Phi) is 5.66. The third-order valence-electron chi connectivity index (χ3n) is 4.84. The van der Waals surface area contributed by atoms with Crippen LogP contribution in [0.4, 0.5) is 0 Å². The standard InChI is InChI=1S/C21H25NO4/c1-24-18-12-15(13-19(25-2)21(18)26-3)8-9-20(23)22-11-10-16-6-4-5-7-17(16)14-22/h4-7,12-13H,8-11,14H2,1-3H3. The van der Waals surface area contributed by atoms with E-state index in [2.05, 4.69) is 18.2 Å². The normalized spacial score (nSPS) is 13.1. The first kappa shape index (κ1) is 18.1. The van der Waals surface area contributed by atoms with Crippen LogP contribution in [-0.2, 0) is 24.2 Å². The minimum Gasteiger partial charge on any atom is -0.493 e. The molecule has 2 aromatic rings. The quantitative estimate of drug-likeness (QED) is 0.798. The van der Waals surface area contributed by atoms with Gasteiger partial charge in [0.2, 0.25) is 11.7 Å². The Hall–Kier alpha value is -2.69. The van der Waals surface area contributed by atoms with Gasteiger partial charge in [-0.05, 0) is 41.7 Å². The van der Waals surface area contributed by atoms with Crippen molar-refractivity contribution in [1.29, 1.82) is 0 Å². The first-order valence-corrected chi connectivity index (χ1v) is 8.79. The highest BCUT2D eigenvalue weighted by molar-refractivity contribution is 5.77. The maximum absolute atomic E-state index is 12.7. The van der Waals surface area contributed by atoms with E-state index in [1.807, 2.05) is 23.1 Å². The topological polar surface area (TPSA) is 48.0 Å². The van der Waals surface area contributed by atoms with Gasteiger partial charge in [-0.1, -0.05) is 24.3 Å². The average Bonchev–Trinajstić information content (AvgIpc) is 2.70. The predicted octanol–water partition coefficient (Wildman–Crippen LogP) is 3.23. The number of carbonyl (C=O) groups is 1. The number of nitrogens with zero attached hydrogens (tertiary/aromatic N) is 1. The molecule has 0 N–H and O–H groups in total. The van der Waals surface area contributed by atoms with E-state index in [1.165, 1.54) is 11.1 Å². The molecule has 1 amide bonds. The Morgan fingerprint density at radius 3 is 2.27 bits per heavy atom. The molecule has 0 aromatic heterocycles. The largest absolute Gasteiger partial charge is 0.493 e. The number of amides is 1. The molecule has 0 saturated heterocycles. The second-order valence-electron chi connectivity index (χ2n) is 6.37. The Labute approximate surface area is 154 Å². The molecule has 1 aliphatic heterocycles. The molecule has 138 valence electrons. The fourth-order valence-electron chi connectivity index (χ4n) is 3.40. The van der Waals surface area contributed by atoms with Gasteiger partial charge in [0.25, 0.3) is 0 Å². The minimum absolute atomic E-state index is 0.174. The van der Waals surface area contributed by atoms with E-state index in [0.717, 1.165) is 18.5 Å². The van der Waals surface area contributed by atoms with Crippen molar-refractivity contribution in [2.24, 2.45) is 0 Å². The Morgan fingerprint density at radius 2 is 1.65 bits per heavy atom. The number of ether oxygens (including phenoxy) is 3. The number of benzene rings is 2. The Balaban J connectivity index is 1.66. The van der Waals surface area contributed by atoms with Gasteiger partial charge in [0.05, 0.1) is 21.3 Å². The highest BCUT2D eigenvalue weighted by Crippen LogP contribution is 2.38. The van der Waals surface area contributed by atoms with Crippen LogP contribution < -0.4 is 14.2 Å². The fourth-order valence-corrected chi connectivity index (χ4v) is 3.40. The molecule has 26 heavy (non-hydrogen) atoms. The van der Waals surface area contributed by atoms with Crippen molar-refractivity contribution in [3.8, 4) is 17.2 Å². The molecule has 0 radical (unpaired) electrons. The average molecular weight is 355 g/mol. The second-order valence-corrected chi connectivity index (χ2v) is 6.37. The first-order valence-electron chi connectivity index (χ1n) is 8.79. The van der Waals surface area contributed by atoms with E-state index >= 15 is 0 Å². The monoisotopic (exact) mass is 355 g/mol. The zero-order valence-corrected chi connectivity index (χ0v) is 15.6. The van der Waals surface area contributed by atoms with Crippen LogP contribution in [0, 0.1) is 0 Å². The van der Waals surface area contributed by atoms with Gasteiger partial charge in [0.15, 0.2) is 11.5 Å². The lowest BCUT2D eigenvalue weighted by atomic mass is 9.99. The lowest BCUT2D eigenvalue weighted by molar-refractivity contribution is -0.132. The van der Waals surface area contributed by atoms with E-state index < -0.39 is 0 Å². The summed E-state index contributed by atoms with van der Waals surface area (Å²) < 4.78 is 16.1. The summed E-state index contributed by atoms with van der Waals surface area (Å²) in [6, 6.07) is 12.1. The van der Waals surface area contributed by atoms with Gasteiger partial charge >= 0.3 is 0 Å². The third kappa shape index (κ3) is 3.77.